The molecule has 0 aromatic heterocycles. The van der Waals surface area contributed by atoms with E-state index in [2.05, 4.69) is 12.2 Å². The van der Waals surface area contributed by atoms with E-state index in [1.165, 1.54) is 18.2 Å². The molecule has 0 aliphatic carbocycles. The Morgan fingerprint density at radius 3 is 2.61 bits per heavy atom. The summed E-state index contributed by atoms with van der Waals surface area (Å²) in [6, 6.07) is 5.71. The lowest BCUT2D eigenvalue weighted by Gasteiger charge is -2.12. The van der Waals surface area contributed by atoms with Crippen molar-refractivity contribution < 1.29 is 21.9 Å². The minimum absolute atomic E-state index is 0.0570. The molecule has 0 fully saturated rings. The molecule has 0 aliphatic heterocycles. The van der Waals surface area contributed by atoms with Gasteiger partial charge in [0.15, 0.2) is 0 Å². The Bertz CT molecular complexity index is 534. The molecule has 1 aromatic carbocycles. The topological polar surface area (TPSA) is 81.4 Å². The van der Waals surface area contributed by atoms with Crippen LogP contribution in [0.2, 0.25) is 0 Å². The third kappa shape index (κ3) is 4.08. The van der Waals surface area contributed by atoms with Crippen LogP contribution in [0.15, 0.2) is 24.3 Å². The van der Waals surface area contributed by atoms with Crippen molar-refractivity contribution in [2.75, 3.05) is 11.3 Å². The van der Waals surface area contributed by atoms with Gasteiger partial charge in [0.1, 0.15) is 17.3 Å². The van der Waals surface area contributed by atoms with Crippen molar-refractivity contribution >= 4 is 32.9 Å². The molecule has 100 valence electrons. The molecule has 1 aromatic rings. The highest BCUT2D eigenvalue weighted by molar-refractivity contribution is 7.93. The summed E-state index contributed by atoms with van der Waals surface area (Å²) >= 11 is 4.58. The van der Waals surface area contributed by atoms with E-state index >= 15 is 0 Å². The molecule has 18 heavy (non-hydrogen) atoms. The highest BCUT2D eigenvalue weighted by atomic mass is 32.2. The molecular formula is C9H10F2N2O3S2. The summed E-state index contributed by atoms with van der Waals surface area (Å²) in [5.74, 6) is -3.46. The molecule has 1 rings (SSSR count). The number of thiocarbonyl (C=S) groups is 1. The third-order valence-electron chi connectivity index (χ3n) is 1.74. The third-order valence-corrected chi connectivity index (χ3v) is 2.84. The second kappa shape index (κ2) is 5.91. The predicted molar refractivity (Wildman–Crippen MR) is 67.3 cm³/mol. The second-order valence-electron chi connectivity index (χ2n) is 3.16. The van der Waals surface area contributed by atoms with E-state index < -0.39 is 15.8 Å². The Balaban J connectivity index is 2.92. The van der Waals surface area contributed by atoms with Gasteiger partial charge in [-0.2, -0.15) is 8.78 Å². The van der Waals surface area contributed by atoms with Gasteiger partial charge in [0.05, 0.1) is 5.69 Å². The fourth-order valence-corrected chi connectivity index (χ4v) is 1.65. The van der Waals surface area contributed by atoms with Crippen molar-refractivity contribution in [3.8, 4) is 5.75 Å². The highest BCUT2D eigenvalue weighted by Gasteiger charge is 2.24. The first kappa shape index (κ1) is 14.6. The van der Waals surface area contributed by atoms with E-state index in [0.29, 0.717) is 0 Å². The zero-order valence-corrected chi connectivity index (χ0v) is 10.6. The standard InChI is InChI=1S/C9H10F2N2O3S2/c10-9(11)18(14,15)13-6-3-1-2-4-7(6)16-5-8(12)17/h1-4,9,13H,5H2,(H2,12,17). The van der Waals surface area contributed by atoms with E-state index in [1.54, 1.807) is 10.8 Å². The van der Waals surface area contributed by atoms with Gasteiger partial charge in [-0.15, -0.1) is 0 Å². The monoisotopic (exact) mass is 296 g/mol. The number of ether oxygens (including phenoxy) is 1. The first-order valence-electron chi connectivity index (χ1n) is 4.63. The molecule has 0 heterocycles. The van der Waals surface area contributed by atoms with E-state index in [0.717, 1.165) is 0 Å². The highest BCUT2D eigenvalue weighted by Crippen LogP contribution is 2.25. The molecule has 0 unspecified atom stereocenters. The fourth-order valence-electron chi connectivity index (χ4n) is 1.02. The van der Waals surface area contributed by atoms with Gasteiger partial charge in [-0.05, 0) is 12.1 Å². The summed E-state index contributed by atoms with van der Waals surface area (Å²) in [5.41, 5.74) is 5.11. The summed E-state index contributed by atoms with van der Waals surface area (Å²) in [7, 11) is -4.74. The molecule has 5 nitrogen and oxygen atoms in total. The molecule has 0 atom stereocenters. The fraction of sp³-hybridized carbons (Fsp3) is 0.222. The van der Waals surface area contributed by atoms with Crippen LogP contribution < -0.4 is 15.2 Å². The molecule has 0 bridgehead atoms. The first-order valence-corrected chi connectivity index (χ1v) is 6.58. The molecule has 0 saturated carbocycles. The summed E-state index contributed by atoms with van der Waals surface area (Å²) in [5, 5.41) is 0. The minimum Gasteiger partial charge on any atom is -0.484 e. The number of alkyl halides is 2. The van der Waals surface area contributed by atoms with Crippen molar-refractivity contribution in [3.05, 3.63) is 24.3 Å². The van der Waals surface area contributed by atoms with Crippen LogP contribution in [0.25, 0.3) is 0 Å². The van der Waals surface area contributed by atoms with Crippen molar-refractivity contribution in [2.24, 2.45) is 5.73 Å². The van der Waals surface area contributed by atoms with Gasteiger partial charge >= 0.3 is 5.76 Å². The van der Waals surface area contributed by atoms with Gasteiger partial charge < -0.3 is 10.5 Å². The summed E-state index contributed by atoms with van der Waals surface area (Å²) in [6.45, 7) is -0.122. The number of rotatable bonds is 6. The van der Waals surface area contributed by atoms with E-state index in [1.807, 2.05) is 0 Å². The maximum absolute atomic E-state index is 12.2. The van der Waals surface area contributed by atoms with Crippen LogP contribution in [-0.4, -0.2) is 25.8 Å². The normalized spacial score (nSPS) is 11.3. The summed E-state index contributed by atoms with van der Waals surface area (Å²) < 4.78 is 53.3. The van der Waals surface area contributed by atoms with Crippen molar-refractivity contribution in [3.63, 3.8) is 0 Å². The molecule has 0 radical (unpaired) electrons. The smallest absolute Gasteiger partial charge is 0.355 e. The maximum Gasteiger partial charge on any atom is 0.355 e. The van der Waals surface area contributed by atoms with Gasteiger partial charge in [0.25, 0.3) is 10.0 Å². The van der Waals surface area contributed by atoms with E-state index in [9.17, 15) is 17.2 Å². The lowest BCUT2D eigenvalue weighted by molar-refractivity contribution is 0.236. The van der Waals surface area contributed by atoms with E-state index in [-0.39, 0.29) is 23.0 Å². The molecule has 3 N–H and O–H groups in total. The van der Waals surface area contributed by atoms with Crippen molar-refractivity contribution in [2.45, 2.75) is 5.76 Å². The number of hydrogen-bond acceptors (Lipinski definition) is 4. The summed E-state index contributed by atoms with van der Waals surface area (Å²) in [4.78, 5) is 0.0570. The lowest BCUT2D eigenvalue weighted by Crippen LogP contribution is -2.22. The number of hydrogen-bond donors (Lipinski definition) is 2. The second-order valence-corrected chi connectivity index (χ2v) is 5.33. The minimum atomic E-state index is -4.74. The quantitative estimate of drug-likeness (QED) is 0.774. The lowest BCUT2D eigenvalue weighted by atomic mass is 10.3. The first-order chi connectivity index (χ1) is 8.33. The van der Waals surface area contributed by atoms with Crippen LogP contribution in [0.3, 0.4) is 0 Å². The Morgan fingerprint density at radius 2 is 2.06 bits per heavy atom. The molecule has 0 aliphatic rings. The number of halogens is 2. The number of nitrogens with two attached hydrogens (primary N) is 1. The van der Waals surface area contributed by atoms with Gasteiger partial charge in [0.2, 0.25) is 0 Å². The molecule has 9 heteroatoms. The Morgan fingerprint density at radius 1 is 1.44 bits per heavy atom. The zero-order valence-electron chi connectivity index (χ0n) is 8.97. The molecule has 0 spiro atoms. The Hall–Kier alpha value is -1.48. The summed E-state index contributed by atoms with van der Waals surface area (Å²) in [6.07, 6.45) is 0. The van der Waals surface area contributed by atoms with Crippen molar-refractivity contribution in [1.82, 2.24) is 0 Å². The number of para-hydroxylation sites is 2. The zero-order chi connectivity index (χ0) is 13.8. The maximum atomic E-state index is 12.2. The number of nitrogens with one attached hydrogen (secondary N) is 1. The van der Waals surface area contributed by atoms with Crippen LogP contribution in [0.5, 0.6) is 5.75 Å². The number of benzene rings is 1. The van der Waals surface area contributed by atoms with Crippen molar-refractivity contribution in [1.29, 1.82) is 0 Å². The van der Waals surface area contributed by atoms with Gasteiger partial charge in [-0.25, -0.2) is 8.42 Å². The molecular weight excluding hydrogens is 286 g/mol. The largest absolute Gasteiger partial charge is 0.484 e. The van der Waals surface area contributed by atoms with Crippen LogP contribution >= 0.6 is 12.2 Å². The van der Waals surface area contributed by atoms with Gasteiger partial charge in [-0.3, -0.25) is 4.72 Å². The van der Waals surface area contributed by atoms with Gasteiger partial charge in [0, 0.05) is 0 Å². The van der Waals surface area contributed by atoms with Crippen LogP contribution in [0.4, 0.5) is 14.5 Å². The number of anilines is 1. The molecule has 0 saturated heterocycles. The van der Waals surface area contributed by atoms with Gasteiger partial charge in [-0.1, -0.05) is 24.4 Å². The van der Waals surface area contributed by atoms with Crippen LogP contribution in [-0.2, 0) is 10.0 Å². The van der Waals surface area contributed by atoms with Crippen LogP contribution in [0, 0.1) is 0 Å². The van der Waals surface area contributed by atoms with Crippen LogP contribution in [0.1, 0.15) is 0 Å². The van der Waals surface area contributed by atoms with E-state index in [4.69, 9.17) is 10.5 Å². The SMILES string of the molecule is NC(=S)COc1ccccc1NS(=O)(=O)C(F)F. The average molecular weight is 296 g/mol. The average Bonchev–Trinajstić information content (AvgIpc) is 2.27. The Kier molecular flexibility index (Phi) is 4.79. The Labute approximate surface area is 108 Å². The number of sulfonamides is 1. The molecule has 0 amide bonds. The predicted octanol–water partition coefficient (Wildman–Crippen LogP) is 1.32.